The van der Waals surface area contributed by atoms with Gasteiger partial charge in [-0.15, -0.1) is 6.58 Å². The Bertz CT molecular complexity index is 1380. The van der Waals surface area contributed by atoms with E-state index in [4.69, 9.17) is 23.2 Å². The Morgan fingerprint density at radius 1 is 1.21 bits per heavy atom. The smallest absolute Gasteiger partial charge is 0.279 e. The maximum Gasteiger partial charge on any atom is 0.279 e. The van der Waals surface area contributed by atoms with E-state index in [1.165, 1.54) is 39.9 Å². The van der Waals surface area contributed by atoms with E-state index in [1.807, 2.05) is 0 Å². The maximum absolute atomic E-state index is 12.9. The van der Waals surface area contributed by atoms with Crippen LogP contribution in [0.3, 0.4) is 0 Å². The van der Waals surface area contributed by atoms with Gasteiger partial charge in [0.25, 0.3) is 5.91 Å². The van der Waals surface area contributed by atoms with Gasteiger partial charge in [0.15, 0.2) is 4.80 Å². The van der Waals surface area contributed by atoms with Crippen molar-refractivity contribution in [2.24, 2.45) is 10.9 Å². The highest BCUT2D eigenvalue weighted by Crippen LogP contribution is 2.30. The molecule has 0 spiro atoms. The molecule has 174 valence electrons. The number of fused-ring (bicyclic) bond motifs is 1. The molecule has 1 aromatic heterocycles. The van der Waals surface area contributed by atoms with Gasteiger partial charge in [0.1, 0.15) is 0 Å². The number of piperidine rings is 1. The second-order valence-electron chi connectivity index (χ2n) is 8.05. The number of sulfonamides is 1. The molecule has 1 aliphatic rings. The monoisotopic (exact) mass is 523 g/mol. The maximum atomic E-state index is 12.9. The van der Waals surface area contributed by atoms with Crippen LogP contribution in [0.25, 0.3) is 10.2 Å². The van der Waals surface area contributed by atoms with Crippen molar-refractivity contribution in [2.75, 3.05) is 13.1 Å². The summed E-state index contributed by atoms with van der Waals surface area (Å²) in [6, 6.07) is 9.36. The van der Waals surface area contributed by atoms with Gasteiger partial charge in [-0.05, 0) is 55.2 Å². The van der Waals surface area contributed by atoms with Crippen LogP contribution in [0, 0.1) is 5.92 Å². The SMILES string of the molecule is C=CCn1c(=NC(=O)c2ccc(S(=O)(=O)N3CCC(C)CC3)cc2)sc2cc(Cl)cc(Cl)c21. The zero-order chi connectivity index (χ0) is 23.8. The summed E-state index contributed by atoms with van der Waals surface area (Å²) >= 11 is 13.8. The van der Waals surface area contributed by atoms with E-state index in [2.05, 4.69) is 18.5 Å². The van der Waals surface area contributed by atoms with E-state index in [0.29, 0.717) is 46.0 Å². The lowest BCUT2D eigenvalue weighted by molar-refractivity contribution is 0.0997. The third kappa shape index (κ3) is 4.95. The number of carbonyl (C=O) groups is 1. The Kier molecular flexibility index (Phi) is 7.12. The number of benzene rings is 2. The van der Waals surface area contributed by atoms with Gasteiger partial charge in [-0.3, -0.25) is 4.79 Å². The van der Waals surface area contributed by atoms with Crippen molar-refractivity contribution in [2.45, 2.75) is 31.2 Å². The first-order valence-corrected chi connectivity index (χ1v) is 13.5. The largest absolute Gasteiger partial charge is 0.311 e. The Morgan fingerprint density at radius 3 is 2.52 bits per heavy atom. The number of hydrogen-bond donors (Lipinski definition) is 0. The predicted octanol–water partition coefficient (Wildman–Crippen LogP) is 5.36. The molecular formula is C23H23Cl2N3O3S2. The van der Waals surface area contributed by atoms with Gasteiger partial charge in [0, 0.05) is 30.2 Å². The Balaban J connectivity index is 1.65. The van der Waals surface area contributed by atoms with E-state index in [0.717, 1.165) is 23.1 Å². The molecule has 0 atom stereocenters. The summed E-state index contributed by atoms with van der Waals surface area (Å²) in [7, 11) is -3.58. The molecule has 10 heteroatoms. The van der Waals surface area contributed by atoms with E-state index >= 15 is 0 Å². The van der Waals surface area contributed by atoms with Gasteiger partial charge >= 0.3 is 0 Å². The molecule has 2 aromatic carbocycles. The number of allylic oxidation sites excluding steroid dienone is 1. The van der Waals surface area contributed by atoms with Crippen LogP contribution in [0.2, 0.25) is 10.0 Å². The number of halogens is 2. The van der Waals surface area contributed by atoms with Crippen molar-refractivity contribution in [3.05, 3.63) is 69.5 Å². The molecule has 1 amide bonds. The Morgan fingerprint density at radius 2 is 1.88 bits per heavy atom. The molecule has 1 saturated heterocycles. The van der Waals surface area contributed by atoms with Crippen molar-refractivity contribution < 1.29 is 13.2 Å². The van der Waals surface area contributed by atoms with E-state index < -0.39 is 15.9 Å². The average Bonchev–Trinajstić information content (AvgIpc) is 3.11. The normalized spacial score (nSPS) is 16.4. The quantitative estimate of drug-likeness (QED) is 0.422. The summed E-state index contributed by atoms with van der Waals surface area (Å²) in [5.74, 6) is 0.0547. The molecule has 4 rings (SSSR count). The zero-order valence-corrected chi connectivity index (χ0v) is 21.1. The molecule has 6 nitrogen and oxygen atoms in total. The number of aromatic nitrogens is 1. The minimum absolute atomic E-state index is 0.179. The summed E-state index contributed by atoms with van der Waals surface area (Å²) in [6.07, 6.45) is 3.40. The number of amides is 1. The fourth-order valence-corrected chi connectivity index (χ4v) is 7.10. The van der Waals surface area contributed by atoms with Crippen molar-refractivity contribution in [1.82, 2.24) is 8.87 Å². The summed E-state index contributed by atoms with van der Waals surface area (Å²) in [6.45, 7) is 7.35. The van der Waals surface area contributed by atoms with Crippen LogP contribution < -0.4 is 4.80 Å². The van der Waals surface area contributed by atoms with Gasteiger partial charge < -0.3 is 4.57 Å². The standard InChI is InChI=1S/C23H23Cl2N3O3S2/c1-3-10-28-21-19(25)13-17(24)14-20(21)32-23(28)26-22(29)16-4-6-18(7-5-16)33(30,31)27-11-8-15(2)9-12-27/h3-7,13-15H,1,8-12H2,2H3. The van der Waals surface area contributed by atoms with Gasteiger partial charge in [-0.25, -0.2) is 8.42 Å². The van der Waals surface area contributed by atoms with Crippen molar-refractivity contribution in [1.29, 1.82) is 0 Å². The molecule has 0 N–H and O–H groups in total. The van der Waals surface area contributed by atoms with E-state index in [-0.39, 0.29) is 4.90 Å². The molecule has 33 heavy (non-hydrogen) atoms. The first-order chi connectivity index (χ1) is 15.7. The summed E-state index contributed by atoms with van der Waals surface area (Å²) < 4.78 is 30.0. The second-order valence-corrected chi connectivity index (χ2v) is 11.8. The number of thiazole rings is 1. The Labute approximate surface area is 206 Å². The molecule has 1 fully saturated rings. The molecule has 2 heterocycles. The number of rotatable bonds is 5. The van der Waals surface area contributed by atoms with Crippen LogP contribution >= 0.6 is 34.5 Å². The highest BCUT2D eigenvalue weighted by molar-refractivity contribution is 7.89. The van der Waals surface area contributed by atoms with Gasteiger partial charge in [0.2, 0.25) is 10.0 Å². The molecule has 3 aromatic rings. The zero-order valence-electron chi connectivity index (χ0n) is 18.0. The highest BCUT2D eigenvalue weighted by atomic mass is 35.5. The van der Waals surface area contributed by atoms with Crippen molar-refractivity contribution >= 4 is 60.7 Å². The lowest BCUT2D eigenvalue weighted by atomic mass is 10.0. The van der Waals surface area contributed by atoms with Crippen molar-refractivity contribution in [3.63, 3.8) is 0 Å². The topological polar surface area (TPSA) is 71.7 Å². The molecule has 0 unspecified atom stereocenters. The van der Waals surface area contributed by atoms with Gasteiger partial charge in [-0.1, -0.05) is 47.5 Å². The van der Waals surface area contributed by atoms with Gasteiger partial charge in [-0.2, -0.15) is 9.30 Å². The number of hydrogen-bond acceptors (Lipinski definition) is 4. The molecule has 0 aliphatic carbocycles. The fraction of sp³-hybridized carbons (Fsp3) is 0.304. The van der Waals surface area contributed by atoms with E-state index in [1.54, 1.807) is 22.8 Å². The first kappa shape index (κ1) is 24.2. The Hall–Kier alpha value is -1.97. The molecule has 0 radical (unpaired) electrons. The van der Waals surface area contributed by atoms with Crippen LogP contribution in [-0.2, 0) is 16.6 Å². The minimum Gasteiger partial charge on any atom is -0.311 e. The number of carbonyl (C=O) groups excluding carboxylic acids is 1. The lowest BCUT2D eigenvalue weighted by Gasteiger charge is -2.29. The van der Waals surface area contributed by atoms with Crippen LogP contribution in [0.4, 0.5) is 0 Å². The van der Waals surface area contributed by atoms with Crippen molar-refractivity contribution in [3.8, 4) is 0 Å². The van der Waals surface area contributed by atoms with Crippen LogP contribution in [-0.4, -0.2) is 36.3 Å². The molecule has 0 saturated carbocycles. The third-order valence-corrected chi connectivity index (χ3v) is 9.13. The van der Waals surface area contributed by atoms with E-state index in [9.17, 15) is 13.2 Å². The highest BCUT2D eigenvalue weighted by Gasteiger charge is 2.28. The average molecular weight is 524 g/mol. The summed E-state index contributed by atoms with van der Waals surface area (Å²) in [5, 5.41) is 0.962. The fourth-order valence-electron chi connectivity index (χ4n) is 3.81. The first-order valence-electron chi connectivity index (χ1n) is 10.5. The molecule has 0 bridgehead atoms. The van der Waals surface area contributed by atoms with Gasteiger partial charge in [0.05, 0.1) is 20.1 Å². The molecule has 1 aliphatic heterocycles. The predicted molar refractivity (Wildman–Crippen MR) is 134 cm³/mol. The summed E-state index contributed by atoms with van der Waals surface area (Å²) in [5.41, 5.74) is 1.03. The lowest BCUT2D eigenvalue weighted by Crippen LogP contribution is -2.37. The minimum atomic E-state index is -3.58. The number of nitrogens with zero attached hydrogens (tertiary/aromatic N) is 3. The third-order valence-electron chi connectivity index (χ3n) is 5.69. The summed E-state index contributed by atoms with van der Waals surface area (Å²) in [4.78, 5) is 17.8. The second kappa shape index (κ2) is 9.72. The molecular weight excluding hydrogens is 501 g/mol. The van der Waals surface area contributed by atoms with Crippen LogP contribution in [0.15, 0.2) is 58.9 Å². The van der Waals surface area contributed by atoms with Crippen LogP contribution in [0.5, 0.6) is 0 Å². The van der Waals surface area contributed by atoms with Crippen LogP contribution in [0.1, 0.15) is 30.1 Å².